The number of hydrogen-bond acceptors (Lipinski definition) is 3. The molecule has 1 aliphatic rings. The second-order valence-corrected chi connectivity index (χ2v) is 5.73. The van der Waals surface area contributed by atoms with Crippen molar-refractivity contribution in [2.75, 3.05) is 0 Å². The molecule has 0 amide bonds. The molecule has 102 valence electrons. The van der Waals surface area contributed by atoms with Gasteiger partial charge in [-0.25, -0.2) is 9.67 Å². The molecule has 2 rings (SSSR count). The van der Waals surface area contributed by atoms with Crippen molar-refractivity contribution >= 4 is 0 Å². The summed E-state index contributed by atoms with van der Waals surface area (Å²) in [5.41, 5.74) is 0. The van der Waals surface area contributed by atoms with Gasteiger partial charge in [0, 0.05) is 12.1 Å². The summed E-state index contributed by atoms with van der Waals surface area (Å²) in [7, 11) is 0. The lowest BCUT2D eigenvalue weighted by Gasteiger charge is -2.29. The van der Waals surface area contributed by atoms with Gasteiger partial charge < -0.3 is 5.32 Å². The molecule has 0 radical (unpaired) electrons. The van der Waals surface area contributed by atoms with E-state index in [1.54, 1.807) is 6.33 Å². The zero-order valence-corrected chi connectivity index (χ0v) is 11.9. The zero-order chi connectivity index (χ0) is 13.0. The molecule has 4 heteroatoms. The predicted octanol–water partition coefficient (Wildman–Crippen LogP) is 2.92. The van der Waals surface area contributed by atoms with Crippen molar-refractivity contribution in [3.63, 3.8) is 0 Å². The van der Waals surface area contributed by atoms with Gasteiger partial charge in [-0.15, -0.1) is 0 Å². The number of rotatable bonds is 5. The fourth-order valence-electron chi connectivity index (χ4n) is 2.91. The van der Waals surface area contributed by atoms with E-state index in [-0.39, 0.29) is 0 Å². The van der Waals surface area contributed by atoms with Crippen LogP contribution in [-0.4, -0.2) is 20.8 Å². The third-order valence-corrected chi connectivity index (χ3v) is 4.05. The van der Waals surface area contributed by atoms with Gasteiger partial charge in [-0.05, 0) is 32.6 Å². The first-order valence-electron chi connectivity index (χ1n) is 7.32. The van der Waals surface area contributed by atoms with Crippen molar-refractivity contribution in [3.8, 4) is 0 Å². The smallest absolute Gasteiger partial charge is 0.141 e. The second kappa shape index (κ2) is 6.32. The maximum absolute atomic E-state index is 4.35. The van der Waals surface area contributed by atoms with E-state index in [9.17, 15) is 0 Å². The van der Waals surface area contributed by atoms with Crippen molar-refractivity contribution in [1.29, 1.82) is 0 Å². The summed E-state index contributed by atoms with van der Waals surface area (Å²) < 4.78 is 2.01. The van der Waals surface area contributed by atoms with Gasteiger partial charge >= 0.3 is 0 Å². The van der Waals surface area contributed by atoms with Crippen LogP contribution in [0.4, 0.5) is 0 Å². The van der Waals surface area contributed by atoms with Gasteiger partial charge in [0.05, 0.1) is 6.54 Å². The predicted molar refractivity (Wildman–Crippen MR) is 73.3 cm³/mol. The van der Waals surface area contributed by atoms with Crippen LogP contribution in [0.3, 0.4) is 0 Å². The van der Waals surface area contributed by atoms with Crippen LogP contribution in [0.15, 0.2) is 6.33 Å². The first kappa shape index (κ1) is 13.5. The average molecular weight is 250 g/mol. The van der Waals surface area contributed by atoms with Crippen LogP contribution in [0.1, 0.15) is 64.7 Å². The third kappa shape index (κ3) is 3.31. The second-order valence-electron chi connectivity index (χ2n) is 5.73. The first-order chi connectivity index (χ1) is 8.70. The first-order valence-corrected chi connectivity index (χ1v) is 7.32. The fourth-order valence-corrected chi connectivity index (χ4v) is 2.91. The molecular weight excluding hydrogens is 224 g/mol. The summed E-state index contributed by atoms with van der Waals surface area (Å²) in [6, 6.07) is 1.06. The Kier molecular flexibility index (Phi) is 4.75. The maximum atomic E-state index is 4.35. The van der Waals surface area contributed by atoms with Gasteiger partial charge in [0.15, 0.2) is 0 Å². The van der Waals surface area contributed by atoms with Gasteiger partial charge in [0.1, 0.15) is 12.2 Å². The summed E-state index contributed by atoms with van der Waals surface area (Å²) in [4.78, 5) is 4.35. The molecule has 2 unspecified atom stereocenters. The van der Waals surface area contributed by atoms with Crippen LogP contribution in [0.2, 0.25) is 0 Å². The van der Waals surface area contributed by atoms with E-state index < -0.39 is 0 Å². The van der Waals surface area contributed by atoms with E-state index in [0.717, 1.165) is 18.3 Å². The largest absolute Gasteiger partial charge is 0.307 e. The molecule has 1 aromatic rings. The molecule has 18 heavy (non-hydrogen) atoms. The lowest BCUT2D eigenvalue weighted by Crippen LogP contribution is -2.34. The Morgan fingerprint density at radius 3 is 3.00 bits per heavy atom. The van der Waals surface area contributed by atoms with Crippen molar-refractivity contribution < 1.29 is 0 Å². The van der Waals surface area contributed by atoms with Crippen molar-refractivity contribution in [1.82, 2.24) is 20.1 Å². The number of nitrogens with zero attached hydrogens (tertiary/aromatic N) is 3. The van der Waals surface area contributed by atoms with Crippen LogP contribution < -0.4 is 5.32 Å². The molecule has 0 aliphatic heterocycles. The Labute approximate surface area is 110 Å². The molecule has 4 nitrogen and oxygen atoms in total. The Bertz CT molecular complexity index is 358. The Morgan fingerprint density at radius 1 is 1.44 bits per heavy atom. The highest BCUT2D eigenvalue weighted by Crippen LogP contribution is 2.26. The number of nitrogens with one attached hydrogen (secondary N) is 1. The molecule has 0 saturated heterocycles. The number of aromatic nitrogens is 3. The van der Waals surface area contributed by atoms with E-state index >= 15 is 0 Å². The maximum Gasteiger partial charge on any atom is 0.141 e. The summed E-state index contributed by atoms with van der Waals surface area (Å²) in [5, 5.41) is 7.94. The Morgan fingerprint density at radius 2 is 2.28 bits per heavy atom. The molecule has 0 spiro atoms. The topological polar surface area (TPSA) is 42.7 Å². The van der Waals surface area contributed by atoms with E-state index in [4.69, 9.17) is 0 Å². The molecule has 1 fully saturated rings. The fraction of sp³-hybridized carbons (Fsp3) is 0.857. The van der Waals surface area contributed by atoms with Crippen LogP contribution in [0.5, 0.6) is 0 Å². The molecule has 1 N–H and O–H groups in total. The normalized spacial score (nSPS) is 24.7. The quantitative estimate of drug-likeness (QED) is 0.873. The van der Waals surface area contributed by atoms with Crippen LogP contribution in [0, 0.1) is 5.92 Å². The highest BCUT2D eigenvalue weighted by Gasteiger charge is 2.20. The minimum Gasteiger partial charge on any atom is -0.307 e. The molecule has 0 aromatic carbocycles. The summed E-state index contributed by atoms with van der Waals surface area (Å²) in [6.07, 6.45) is 8.40. The monoisotopic (exact) mass is 250 g/mol. The van der Waals surface area contributed by atoms with Crippen LogP contribution in [-0.2, 0) is 6.54 Å². The van der Waals surface area contributed by atoms with Crippen molar-refractivity contribution in [2.24, 2.45) is 5.92 Å². The standard InChI is InChI=1S/C14H26N4/c1-4-12-6-5-7-13(8-12)15-9-14-16-10-17-18(14)11(2)3/h10-13,15H,4-9H2,1-3H3. The Balaban J connectivity index is 1.85. The van der Waals surface area contributed by atoms with Crippen molar-refractivity contribution in [2.45, 2.75) is 71.5 Å². The summed E-state index contributed by atoms with van der Waals surface area (Å²) in [6.45, 7) is 7.44. The molecule has 2 atom stereocenters. The molecule has 1 aliphatic carbocycles. The molecule has 1 heterocycles. The van der Waals surface area contributed by atoms with E-state index in [0.29, 0.717) is 12.1 Å². The minimum absolute atomic E-state index is 0.388. The minimum atomic E-state index is 0.388. The van der Waals surface area contributed by atoms with Gasteiger partial charge in [-0.1, -0.05) is 26.2 Å². The Hall–Kier alpha value is -0.900. The zero-order valence-electron chi connectivity index (χ0n) is 11.9. The SMILES string of the molecule is CCC1CCCC(NCc2ncnn2C(C)C)C1. The lowest BCUT2D eigenvalue weighted by atomic mass is 9.84. The van der Waals surface area contributed by atoms with Gasteiger partial charge in [-0.3, -0.25) is 0 Å². The third-order valence-electron chi connectivity index (χ3n) is 4.05. The average Bonchev–Trinajstić information content (AvgIpc) is 2.85. The van der Waals surface area contributed by atoms with Gasteiger partial charge in [0.2, 0.25) is 0 Å². The molecule has 0 bridgehead atoms. The number of hydrogen-bond donors (Lipinski definition) is 1. The highest BCUT2D eigenvalue weighted by molar-refractivity contribution is 4.88. The van der Waals surface area contributed by atoms with Crippen LogP contribution >= 0.6 is 0 Å². The van der Waals surface area contributed by atoms with E-state index in [1.165, 1.54) is 32.1 Å². The van der Waals surface area contributed by atoms with Crippen LogP contribution in [0.25, 0.3) is 0 Å². The van der Waals surface area contributed by atoms with Gasteiger partial charge in [-0.2, -0.15) is 5.10 Å². The lowest BCUT2D eigenvalue weighted by molar-refractivity contribution is 0.275. The highest BCUT2D eigenvalue weighted by atomic mass is 15.4. The van der Waals surface area contributed by atoms with Crippen molar-refractivity contribution in [3.05, 3.63) is 12.2 Å². The van der Waals surface area contributed by atoms with E-state index in [1.807, 2.05) is 4.68 Å². The van der Waals surface area contributed by atoms with Gasteiger partial charge in [0.25, 0.3) is 0 Å². The molecule has 1 aromatic heterocycles. The van der Waals surface area contributed by atoms with E-state index in [2.05, 4.69) is 36.2 Å². The molecular formula is C14H26N4. The summed E-state index contributed by atoms with van der Waals surface area (Å²) >= 11 is 0. The summed E-state index contributed by atoms with van der Waals surface area (Å²) in [5.74, 6) is 1.97. The molecule has 1 saturated carbocycles.